The van der Waals surface area contributed by atoms with Gasteiger partial charge >= 0.3 is 0 Å². The van der Waals surface area contributed by atoms with E-state index >= 15 is 0 Å². The third-order valence-electron chi connectivity index (χ3n) is 3.00. The highest BCUT2D eigenvalue weighted by Crippen LogP contribution is 2.26. The second-order valence-electron chi connectivity index (χ2n) is 4.34. The maximum absolute atomic E-state index is 4.52. The lowest BCUT2D eigenvalue weighted by molar-refractivity contribution is 1.10. The molecular weight excluding hydrogens is 236 g/mol. The minimum atomic E-state index is 0.635. The second-order valence-corrected chi connectivity index (χ2v) is 4.34. The van der Waals surface area contributed by atoms with Crippen LogP contribution in [0.2, 0.25) is 0 Å². The van der Waals surface area contributed by atoms with Crippen LogP contribution in [0.15, 0.2) is 42.6 Å². The third kappa shape index (κ3) is 2.12. The molecule has 0 spiro atoms. The molecule has 4 nitrogen and oxygen atoms in total. The van der Waals surface area contributed by atoms with Gasteiger partial charge in [-0.05, 0) is 25.1 Å². The van der Waals surface area contributed by atoms with Crippen molar-refractivity contribution in [1.29, 1.82) is 0 Å². The van der Waals surface area contributed by atoms with Crippen molar-refractivity contribution >= 4 is 16.9 Å². The Balaban J connectivity index is 2.27. The molecule has 1 N–H and O–H groups in total. The van der Waals surface area contributed by atoms with E-state index in [1.165, 1.54) is 0 Å². The molecule has 0 aliphatic rings. The number of aryl methyl sites for hydroxylation is 1. The average molecular weight is 250 g/mol. The van der Waals surface area contributed by atoms with Gasteiger partial charge in [0.15, 0.2) is 0 Å². The normalized spacial score (nSPS) is 10.6. The molecule has 0 bridgehead atoms. The predicted molar refractivity (Wildman–Crippen MR) is 77.1 cm³/mol. The monoisotopic (exact) mass is 250 g/mol. The summed E-state index contributed by atoms with van der Waals surface area (Å²) in [5.74, 6) is 0.635. The van der Waals surface area contributed by atoms with Gasteiger partial charge in [-0.2, -0.15) is 0 Å². The summed E-state index contributed by atoms with van der Waals surface area (Å²) >= 11 is 0. The smallest absolute Gasteiger partial charge is 0.223 e. The number of nitrogens with one attached hydrogen (secondary N) is 1. The van der Waals surface area contributed by atoms with Gasteiger partial charge in [0.25, 0.3) is 0 Å². The van der Waals surface area contributed by atoms with Crippen LogP contribution in [0.1, 0.15) is 5.69 Å². The van der Waals surface area contributed by atoms with E-state index in [9.17, 15) is 0 Å². The molecule has 0 amide bonds. The fourth-order valence-electron chi connectivity index (χ4n) is 2.15. The zero-order chi connectivity index (χ0) is 13.2. The molecule has 94 valence electrons. The fourth-order valence-corrected chi connectivity index (χ4v) is 2.15. The number of pyridine rings is 1. The quantitative estimate of drug-likeness (QED) is 0.759. The lowest BCUT2D eigenvalue weighted by Crippen LogP contribution is -1.99. The van der Waals surface area contributed by atoms with Gasteiger partial charge in [-0.15, -0.1) is 0 Å². The van der Waals surface area contributed by atoms with Gasteiger partial charge in [0.1, 0.15) is 0 Å². The first-order chi connectivity index (χ1) is 9.28. The highest BCUT2D eigenvalue weighted by atomic mass is 15.1. The van der Waals surface area contributed by atoms with Crippen molar-refractivity contribution in [2.24, 2.45) is 0 Å². The largest absolute Gasteiger partial charge is 0.357 e. The number of fused-ring (bicyclic) bond motifs is 1. The fraction of sp³-hybridized carbons (Fsp3) is 0.133. The van der Waals surface area contributed by atoms with Crippen LogP contribution in [0.4, 0.5) is 5.95 Å². The van der Waals surface area contributed by atoms with Gasteiger partial charge < -0.3 is 5.32 Å². The minimum absolute atomic E-state index is 0.635. The lowest BCUT2D eigenvalue weighted by atomic mass is 10.0. The Morgan fingerprint density at radius 3 is 2.79 bits per heavy atom. The Hall–Kier alpha value is -2.49. The predicted octanol–water partition coefficient (Wildman–Crippen LogP) is 3.04. The topological polar surface area (TPSA) is 50.7 Å². The molecule has 2 aromatic heterocycles. The number of nitrogens with zero attached hydrogens (tertiary/aromatic N) is 3. The van der Waals surface area contributed by atoms with Crippen LogP contribution in [0, 0.1) is 6.92 Å². The highest BCUT2D eigenvalue weighted by molar-refractivity contribution is 5.93. The summed E-state index contributed by atoms with van der Waals surface area (Å²) in [4.78, 5) is 13.2. The molecule has 1 aromatic carbocycles. The molecule has 3 rings (SSSR count). The first kappa shape index (κ1) is 11.6. The summed E-state index contributed by atoms with van der Waals surface area (Å²) in [6.45, 7) is 1.97. The molecule has 0 saturated carbocycles. The van der Waals surface area contributed by atoms with Crippen molar-refractivity contribution in [3.05, 3.63) is 48.3 Å². The van der Waals surface area contributed by atoms with E-state index in [1.54, 1.807) is 6.20 Å². The lowest BCUT2D eigenvalue weighted by Gasteiger charge is -2.08. The summed E-state index contributed by atoms with van der Waals surface area (Å²) in [6, 6.07) is 12.1. The Kier molecular flexibility index (Phi) is 2.83. The van der Waals surface area contributed by atoms with Crippen molar-refractivity contribution in [2.75, 3.05) is 12.4 Å². The van der Waals surface area contributed by atoms with Crippen LogP contribution < -0.4 is 5.32 Å². The van der Waals surface area contributed by atoms with E-state index < -0.39 is 0 Å². The van der Waals surface area contributed by atoms with Crippen molar-refractivity contribution in [3.8, 4) is 11.3 Å². The second kappa shape index (κ2) is 4.65. The van der Waals surface area contributed by atoms with Crippen LogP contribution in [0.5, 0.6) is 0 Å². The molecule has 3 aromatic rings. The minimum Gasteiger partial charge on any atom is -0.357 e. The molecular formula is C15H14N4. The van der Waals surface area contributed by atoms with Crippen LogP contribution in [-0.4, -0.2) is 22.0 Å². The molecule has 0 unspecified atom stereocenters. The molecule has 19 heavy (non-hydrogen) atoms. The zero-order valence-electron chi connectivity index (χ0n) is 10.9. The Morgan fingerprint density at radius 1 is 1.05 bits per heavy atom. The molecule has 0 fully saturated rings. The van der Waals surface area contributed by atoms with E-state index in [0.717, 1.165) is 27.9 Å². The maximum Gasteiger partial charge on any atom is 0.223 e. The SMILES string of the molecule is CNc1nc(C)cc(-c2cccc3ncccc23)n1. The Bertz CT molecular complexity index is 732. The number of aromatic nitrogens is 3. The zero-order valence-corrected chi connectivity index (χ0v) is 10.9. The number of benzene rings is 1. The Morgan fingerprint density at radius 2 is 1.95 bits per heavy atom. The van der Waals surface area contributed by atoms with Gasteiger partial charge in [0.05, 0.1) is 11.2 Å². The first-order valence-corrected chi connectivity index (χ1v) is 6.15. The van der Waals surface area contributed by atoms with E-state index in [-0.39, 0.29) is 0 Å². The van der Waals surface area contributed by atoms with E-state index in [4.69, 9.17) is 0 Å². The number of anilines is 1. The van der Waals surface area contributed by atoms with Crippen LogP contribution in [-0.2, 0) is 0 Å². The van der Waals surface area contributed by atoms with Crippen LogP contribution in [0.25, 0.3) is 22.2 Å². The van der Waals surface area contributed by atoms with Crippen LogP contribution in [0.3, 0.4) is 0 Å². The molecule has 0 aliphatic carbocycles. The van der Waals surface area contributed by atoms with E-state index in [0.29, 0.717) is 5.95 Å². The van der Waals surface area contributed by atoms with Gasteiger partial charge in [-0.1, -0.05) is 18.2 Å². The number of hydrogen-bond donors (Lipinski definition) is 1. The van der Waals surface area contributed by atoms with Crippen molar-refractivity contribution in [2.45, 2.75) is 6.92 Å². The van der Waals surface area contributed by atoms with Gasteiger partial charge in [0.2, 0.25) is 5.95 Å². The van der Waals surface area contributed by atoms with E-state index in [2.05, 4.69) is 32.4 Å². The molecule has 0 saturated heterocycles. The number of hydrogen-bond acceptors (Lipinski definition) is 4. The summed E-state index contributed by atoms with van der Waals surface area (Å²) in [5, 5.41) is 4.09. The highest BCUT2D eigenvalue weighted by Gasteiger charge is 2.07. The summed E-state index contributed by atoms with van der Waals surface area (Å²) in [7, 11) is 1.82. The summed E-state index contributed by atoms with van der Waals surface area (Å²) in [6.07, 6.45) is 1.80. The molecule has 0 atom stereocenters. The summed E-state index contributed by atoms with van der Waals surface area (Å²) < 4.78 is 0. The van der Waals surface area contributed by atoms with E-state index in [1.807, 2.05) is 38.2 Å². The van der Waals surface area contributed by atoms with Crippen molar-refractivity contribution in [3.63, 3.8) is 0 Å². The molecule has 0 aliphatic heterocycles. The number of rotatable bonds is 2. The first-order valence-electron chi connectivity index (χ1n) is 6.15. The van der Waals surface area contributed by atoms with Gasteiger partial charge in [-0.3, -0.25) is 4.98 Å². The summed E-state index contributed by atoms with van der Waals surface area (Å²) in [5.41, 5.74) is 3.90. The average Bonchev–Trinajstić information content (AvgIpc) is 2.46. The molecule has 2 heterocycles. The Labute approximate surface area is 111 Å². The molecule has 4 heteroatoms. The standard InChI is InChI=1S/C15H14N4/c1-10-9-14(19-15(16-2)18-10)12-5-3-7-13-11(12)6-4-8-17-13/h3-9H,1-2H3,(H,16,18,19). The van der Waals surface area contributed by atoms with Gasteiger partial charge in [-0.25, -0.2) is 9.97 Å². The molecule has 0 radical (unpaired) electrons. The van der Waals surface area contributed by atoms with Crippen LogP contribution >= 0.6 is 0 Å². The van der Waals surface area contributed by atoms with Gasteiger partial charge in [0, 0.05) is 29.9 Å². The maximum atomic E-state index is 4.52. The third-order valence-corrected chi connectivity index (χ3v) is 3.00. The van der Waals surface area contributed by atoms with Crippen molar-refractivity contribution in [1.82, 2.24) is 15.0 Å². The van der Waals surface area contributed by atoms with Crippen molar-refractivity contribution < 1.29 is 0 Å².